The molecule has 3 atom stereocenters. The highest BCUT2D eigenvalue weighted by Gasteiger charge is 2.31. The first-order valence-corrected chi connectivity index (χ1v) is 6.85. The summed E-state index contributed by atoms with van der Waals surface area (Å²) in [6, 6.07) is -0.444. The number of hydrogen-bond acceptors (Lipinski definition) is 3. The van der Waals surface area contributed by atoms with Crippen LogP contribution in [0.4, 0.5) is 0 Å². The van der Waals surface area contributed by atoms with E-state index in [2.05, 4.69) is 5.32 Å². The third-order valence-corrected chi connectivity index (χ3v) is 3.99. The van der Waals surface area contributed by atoms with E-state index in [4.69, 9.17) is 10.8 Å². The van der Waals surface area contributed by atoms with E-state index in [9.17, 15) is 9.59 Å². The third kappa shape index (κ3) is 3.70. The normalized spacial score (nSPS) is 29.6. The van der Waals surface area contributed by atoms with E-state index in [1.54, 1.807) is 0 Å². The molecule has 2 saturated carbocycles. The summed E-state index contributed by atoms with van der Waals surface area (Å²) >= 11 is 0. The molecular weight excluding hydrogens is 232 g/mol. The van der Waals surface area contributed by atoms with Crippen molar-refractivity contribution in [2.24, 2.45) is 17.6 Å². The van der Waals surface area contributed by atoms with Gasteiger partial charge in [-0.05, 0) is 31.6 Å². The minimum absolute atomic E-state index is 0.0161. The number of aliphatic carboxylic acids is 1. The van der Waals surface area contributed by atoms with E-state index in [-0.39, 0.29) is 17.9 Å². The summed E-state index contributed by atoms with van der Waals surface area (Å²) in [5.41, 5.74) is 5.84. The molecule has 4 N–H and O–H groups in total. The largest absolute Gasteiger partial charge is 0.481 e. The first-order valence-electron chi connectivity index (χ1n) is 6.85. The molecule has 5 nitrogen and oxygen atoms in total. The van der Waals surface area contributed by atoms with Crippen LogP contribution in [0, 0.1) is 11.8 Å². The van der Waals surface area contributed by atoms with Gasteiger partial charge in [0.2, 0.25) is 5.91 Å². The predicted molar refractivity (Wildman–Crippen MR) is 66.8 cm³/mol. The van der Waals surface area contributed by atoms with Crippen LogP contribution in [0.2, 0.25) is 0 Å². The van der Waals surface area contributed by atoms with E-state index in [0.29, 0.717) is 12.3 Å². The molecule has 0 radical (unpaired) electrons. The summed E-state index contributed by atoms with van der Waals surface area (Å²) in [7, 11) is 0. The van der Waals surface area contributed by atoms with Gasteiger partial charge in [0, 0.05) is 6.04 Å². The molecule has 2 aliphatic carbocycles. The Morgan fingerprint density at radius 1 is 1.28 bits per heavy atom. The molecule has 2 aliphatic rings. The second-order valence-corrected chi connectivity index (χ2v) is 5.69. The number of rotatable bonds is 5. The number of carboxylic acid groups (broad SMARTS) is 1. The molecule has 1 amide bonds. The molecule has 2 rings (SSSR count). The quantitative estimate of drug-likeness (QED) is 0.679. The smallest absolute Gasteiger partial charge is 0.306 e. The number of hydrogen-bond donors (Lipinski definition) is 3. The van der Waals surface area contributed by atoms with Crippen LogP contribution in [0.25, 0.3) is 0 Å². The maximum absolute atomic E-state index is 11.9. The maximum Gasteiger partial charge on any atom is 0.306 e. The molecule has 2 fully saturated rings. The lowest BCUT2D eigenvalue weighted by Gasteiger charge is -2.28. The molecule has 3 unspecified atom stereocenters. The van der Waals surface area contributed by atoms with Gasteiger partial charge >= 0.3 is 5.97 Å². The fraction of sp³-hybridized carbons (Fsp3) is 0.846. The molecule has 0 spiro atoms. The summed E-state index contributed by atoms with van der Waals surface area (Å²) in [5, 5.41) is 11.9. The first-order chi connectivity index (χ1) is 8.56. The average Bonchev–Trinajstić information content (AvgIpc) is 3.13. The van der Waals surface area contributed by atoms with Crippen molar-refractivity contribution in [2.45, 2.75) is 57.0 Å². The van der Waals surface area contributed by atoms with Gasteiger partial charge in [-0.1, -0.05) is 19.3 Å². The topological polar surface area (TPSA) is 92.4 Å². The van der Waals surface area contributed by atoms with Crippen molar-refractivity contribution in [3.63, 3.8) is 0 Å². The van der Waals surface area contributed by atoms with Gasteiger partial charge in [0.25, 0.3) is 0 Å². The van der Waals surface area contributed by atoms with Crippen LogP contribution in [0.3, 0.4) is 0 Å². The van der Waals surface area contributed by atoms with Crippen LogP contribution < -0.4 is 11.1 Å². The molecule has 18 heavy (non-hydrogen) atoms. The first kappa shape index (κ1) is 13.3. The molecule has 0 aliphatic heterocycles. The predicted octanol–water partition coefficient (Wildman–Crippen LogP) is 0.873. The molecule has 0 bridgehead atoms. The van der Waals surface area contributed by atoms with Gasteiger partial charge in [0.1, 0.15) is 0 Å². The molecule has 0 aromatic carbocycles. The number of amides is 1. The van der Waals surface area contributed by atoms with Crippen LogP contribution in [-0.2, 0) is 9.59 Å². The lowest BCUT2D eigenvalue weighted by molar-refractivity contribution is -0.143. The Labute approximate surface area is 107 Å². The summed E-state index contributed by atoms with van der Waals surface area (Å²) in [5.74, 6) is -0.554. The standard InChI is InChI=1S/C13H22N2O3/c14-11(6-8-4-5-8)12(16)15-10-3-1-2-9(7-10)13(17)18/h8-11H,1-7,14H2,(H,15,16)(H,17,18). The molecule has 102 valence electrons. The Balaban J connectivity index is 1.76. The van der Waals surface area contributed by atoms with Gasteiger partial charge in [-0.25, -0.2) is 0 Å². The van der Waals surface area contributed by atoms with E-state index >= 15 is 0 Å². The van der Waals surface area contributed by atoms with Crippen molar-refractivity contribution in [3.8, 4) is 0 Å². The van der Waals surface area contributed by atoms with Gasteiger partial charge < -0.3 is 16.2 Å². The second-order valence-electron chi connectivity index (χ2n) is 5.69. The van der Waals surface area contributed by atoms with Crippen molar-refractivity contribution in [1.29, 1.82) is 0 Å². The Morgan fingerprint density at radius 2 is 2.00 bits per heavy atom. The number of carbonyl (C=O) groups is 2. The molecule has 0 heterocycles. The Kier molecular flexibility index (Phi) is 4.22. The third-order valence-electron chi connectivity index (χ3n) is 3.99. The Hall–Kier alpha value is -1.10. The van der Waals surface area contributed by atoms with Gasteiger partial charge in [-0.2, -0.15) is 0 Å². The monoisotopic (exact) mass is 254 g/mol. The van der Waals surface area contributed by atoms with Crippen molar-refractivity contribution < 1.29 is 14.7 Å². The molecule has 0 saturated heterocycles. The second kappa shape index (κ2) is 5.69. The fourth-order valence-electron chi connectivity index (χ4n) is 2.67. The summed E-state index contributed by atoms with van der Waals surface area (Å²) < 4.78 is 0. The van der Waals surface area contributed by atoms with E-state index in [1.807, 2.05) is 0 Å². The number of nitrogens with two attached hydrogens (primary N) is 1. The zero-order valence-corrected chi connectivity index (χ0v) is 10.6. The van der Waals surface area contributed by atoms with Gasteiger partial charge in [0.05, 0.1) is 12.0 Å². The minimum atomic E-state index is -0.753. The minimum Gasteiger partial charge on any atom is -0.481 e. The Bertz CT molecular complexity index is 328. The lowest BCUT2D eigenvalue weighted by atomic mass is 9.85. The molecule has 5 heteroatoms. The van der Waals surface area contributed by atoms with Crippen molar-refractivity contribution >= 4 is 11.9 Å². The van der Waals surface area contributed by atoms with Crippen LogP contribution in [0.1, 0.15) is 44.9 Å². The number of carbonyl (C=O) groups excluding carboxylic acids is 1. The Morgan fingerprint density at radius 3 is 2.61 bits per heavy atom. The summed E-state index contributed by atoms with van der Waals surface area (Å²) in [6.07, 6.45) is 6.12. The van der Waals surface area contributed by atoms with Gasteiger partial charge in [-0.3, -0.25) is 9.59 Å². The van der Waals surface area contributed by atoms with Gasteiger partial charge in [0.15, 0.2) is 0 Å². The SMILES string of the molecule is NC(CC1CC1)C(=O)NC1CCCC(C(=O)O)C1. The molecule has 0 aromatic rings. The average molecular weight is 254 g/mol. The highest BCUT2D eigenvalue weighted by Crippen LogP contribution is 2.33. The van der Waals surface area contributed by atoms with E-state index < -0.39 is 12.0 Å². The maximum atomic E-state index is 11.9. The lowest BCUT2D eigenvalue weighted by Crippen LogP contribution is -2.47. The molecule has 0 aromatic heterocycles. The van der Waals surface area contributed by atoms with Crippen molar-refractivity contribution in [2.75, 3.05) is 0 Å². The van der Waals surface area contributed by atoms with Crippen LogP contribution in [0.5, 0.6) is 0 Å². The summed E-state index contributed by atoms with van der Waals surface area (Å²) in [4.78, 5) is 22.8. The van der Waals surface area contributed by atoms with Crippen LogP contribution in [0.15, 0.2) is 0 Å². The summed E-state index contributed by atoms with van der Waals surface area (Å²) in [6.45, 7) is 0. The fourth-order valence-corrected chi connectivity index (χ4v) is 2.67. The zero-order chi connectivity index (χ0) is 13.1. The van der Waals surface area contributed by atoms with Crippen molar-refractivity contribution in [1.82, 2.24) is 5.32 Å². The number of nitrogens with one attached hydrogen (secondary N) is 1. The van der Waals surface area contributed by atoms with E-state index in [0.717, 1.165) is 25.7 Å². The zero-order valence-electron chi connectivity index (χ0n) is 10.6. The highest BCUT2D eigenvalue weighted by molar-refractivity contribution is 5.82. The van der Waals surface area contributed by atoms with Crippen LogP contribution in [-0.4, -0.2) is 29.1 Å². The highest BCUT2D eigenvalue weighted by atomic mass is 16.4. The van der Waals surface area contributed by atoms with E-state index in [1.165, 1.54) is 12.8 Å². The number of carboxylic acids is 1. The van der Waals surface area contributed by atoms with Gasteiger partial charge in [-0.15, -0.1) is 0 Å². The molecular formula is C13H22N2O3. The van der Waals surface area contributed by atoms with Crippen molar-refractivity contribution in [3.05, 3.63) is 0 Å². The van der Waals surface area contributed by atoms with Crippen LogP contribution >= 0.6 is 0 Å².